The molecule has 1 fully saturated rings. The van der Waals surface area contributed by atoms with E-state index in [4.69, 9.17) is 11.6 Å². The van der Waals surface area contributed by atoms with Gasteiger partial charge in [0.15, 0.2) is 0 Å². The average molecular weight is 319 g/mol. The zero-order valence-electron chi connectivity index (χ0n) is 11.4. The maximum atomic E-state index is 11.4. The van der Waals surface area contributed by atoms with E-state index in [1.165, 1.54) is 10.6 Å². The minimum atomic E-state index is -3.11. The van der Waals surface area contributed by atoms with Crippen LogP contribution in [0.2, 0.25) is 5.02 Å². The molecule has 0 aromatic heterocycles. The highest BCUT2D eigenvalue weighted by Crippen LogP contribution is 2.23. The van der Waals surface area contributed by atoms with Gasteiger partial charge in [0.25, 0.3) is 0 Å². The number of hydrogen-bond acceptors (Lipinski definition) is 4. The minimum Gasteiger partial charge on any atom is -0.387 e. The zero-order valence-corrected chi connectivity index (χ0v) is 12.9. The van der Waals surface area contributed by atoms with Gasteiger partial charge >= 0.3 is 0 Å². The predicted octanol–water partition coefficient (Wildman–Crippen LogP) is 0.951. The molecule has 1 saturated heterocycles. The second-order valence-corrected chi connectivity index (χ2v) is 7.39. The lowest BCUT2D eigenvalue weighted by Gasteiger charge is -2.34. The van der Waals surface area contributed by atoms with Crippen molar-refractivity contribution in [2.45, 2.75) is 6.10 Å². The number of rotatable bonds is 4. The number of aliphatic hydroxyl groups excluding tert-OH is 1. The summed E-state index contributed by atoms with van der Waals surface area (Å²) in [5.41, 5.74) is 0.708. The first-order chi connectivity index (χ1) is 9.38. The lowest BCUT2D eigenvalue weighted by atomic mass is 10.1. The fraction of sp³-hybridized carbons (Fsp3) is 0.538. The molecule has 112 valence electrons. The molecular formula is C13H19ClN2O3S. The van der Waals surface area contributed by atoms with Crippen LogP contribution in [0.1, 0.15) is 11.7 Å². The van der Waals surface area contributed by atoms with Crippen molar-refractivity contribution in [2.75, 3.05) is 39.0 Å². The van der Waals surface area contributed by atoms with Crippen LogP contribution in [0.5, 0.6) is 0 Å². The number of halogens is 1. The van der Waals surface area contributed by atoms with E-state index in [2.05, 4.69) is 4.90 Å². The standard InChI is InChI=1S/C13H19ClN2O3S/c1-20(18,19)16-8-6-15(7-9-16)10-13(17)11-4-2-3-5-12(11)14/h2-5,13,17H,6-10H2,1H3/t13-/m0/s1. The lowest BCUT2D eigenvalue weighted by Crippen LogP contribution is -2.49. The van der Waals surface area contributed by atoms with Crippen LogP contribution in [0, 0.1) is 0 Å². The first kappa shape index (κ1) is 15.7. The van der Waals surface area contributed by atoms with E-state index in [1.54, 1.807) is 12.1 Å². The van der Waals surface area contributed by atoms with E-state index in [1.807, 2.05) is 12.1 Å². The van der Waals surface area contributed by atoms with Gasteiger partial charge < -0.3 is 5.11 Å². The molecule has 0 spiro atoms. The number of hydrogen-bond donors (Lipinski definition) is 1. The van der Waals surface area contributed by atoms with Crippen LogP contribution in [0.25, 0.3) is 0 Å². The molecule has 1 atom stereocenters. The van der Waals surface area contributed by atoms with Crippen LogP contribution >= 0.6 is 11.6 Å². The van der Waals surface area contributed by atoms with E-state index >= 15 is 0 Å². The third kappa shape index (κ3) is 3.93. The van der Waals surface area contributed by atoms with Gasteiger partial charge in [-0.1, -0.05) is 29.8 Å². The van der Waals surface area contributed by atoms with Crippen molar-refractivity contribution in [2.24, 2.45) is 0 Å². The summed E-state index contributed by atoms with van der Waals surface area (Å²) in [7, 11) is -3.11. The Kier molecular flexibility index (Phi) is 5.04. The fourth-order valence-corrected chi connectivity index (χ4v) is 3.42. The summed E-state index contributed by atoms with van der Waals surface area (Å²) < 4.78 is 24.3. The molecule has 1 N–H and O–H groups in total. The third-order valence-corrected chi connectivity index (χ3v) is 5.14. The largest absolute Gasteiger partial charge is 0.387 e. The van der Waals surface area contributed by atoms with Crippen LogP contribution in [0.15, 0.2) is 24.3 Å². The third-order valence-electron chi connectivity index (χ3n) is 3.50. The Hall–Kier alpha value is -0.660. The molecule has 7 heteroatoms. The van der Waals surface area contributed by atoms with Crippen molar-refractivity contribution < 1.29 is 13.5 Å². The van der Waals surface area contributed by atoms with Crippen LogP contribution < -0.4 is 0 Å². The van der Waals surface area contributed by atoms with Crippen LogP contribution in [0.3, 0.4) is 0 Å². The molecule has 1 heterocycles. The van der Waals surface area contributed by atoms with E-state index in [-0.39, 0.29) is 0 Å². The highest BCUT2D eigenvalue weighted by molar-refractivity contribution is 7.88. The SMILES string of the molecule is CS(=O)(=O)N1CCN(C[C@H](O)c2ccccc2Cl)CC1. The van der Waals surface area contributed by atoms with Gasteiger partial charge in [0, 0.05) is 43.3 Å². The van der Waals surface area contributed by atoms with Gasteiger partial charge in [-0.25, -0.2) is 8.42 Å². The highest BCUT2D eigenvalue weighted by atomic mass is 35.5. The second kappa shape index (κ2) is 6.41. The fourth-order valence-electron chi connectivity index (χ4n) is 2.33. The van der Waals surface area contributed by atoms with Crippen molar-refractivity contribution in [1.29, 1.82) is 0 Å². The number of nitrogens with zero attached hydrogens (tertiary/aromatic N) is 2. The first-order valence-electron chi connectivity index (χ1n) is 6.48. The summed E-state index contributed by atoms with van der Waals surface area (Å²) in [5, 5.41) is 10.8. The first-order valence-corrected chi connectivity index (χ1v) is 8.70. The molecule has 1 aromatic rings. The van der Waals surface area contributed by atoms with E-state index in [9.17, 15) is 13.5 Å². The number of piperazine rings is 1. The summed E-state index contributed by atoms with van der Waals surface area (Å²) in [5.74, 6) is 0. The second-order valence-electron chi connectivity index (χ2n) is 5.00. The molecule has 0 amide bonds. The molecule has 5 nitrogen and oxygen atoms in total. The maximum Gasteiger partial charge on any atom is 0.211 e. The van der Waals surface area contributed by atoms with E-state index < -0.39 is 16.1 Å². The van der Waals surface area contributed by atoms with Crippen molar-refractivity contribution >= 4 is 21.6 Å². The Bertz CT molecular complexity index is 556. The van der Waals surface area contributed by atoms with Gasteiger partial charge in [0.1, 0.15) is 0 Å². The van der Waals surface area contributed by atoms with E-state index in [0.717, 1.165) is 0 Å². The smallest absolute Gasteiger partial charge is 0.211 e. The number of β-amino-alcohol motifs (C(OH)–C–C–N with tert-alkyl or cyclic N) is 1. The van der Waals surface area contributed by atoms with Crippen molar-refractivity contribution in [1.82, 2.24) is 9.21 Å². The molecule has 0 radical (unpaired) electrons. The molecular weight excluding hydrogens is 300 g/mol. The molecule has 0 aliphatic carbocycles. The monoisotopic (exact) mass is 318 g/mol. The summed E-state index contributed by atoms with van der Waals surface area (Å²) in [6.07, 6.45) is 0.565. The number of aliphatic hydroxyl groups is 1. The van der Waals surface area contributed by atoms with Gasteiger partial charge in [0.05, 0.1) is 12.4 Å². The number of sulfonamides is 1. The summed E-state index contributed by atoms with van der Waals surface area (Å²) in [4.78, 5) is 2.05. The highest BCUT2D eigenvalue weighted by Gasteiger charge is 2.25. The summed E-state index contributed by atoms with van der Waals surface area (Å²) >= 11 is 6.05. The van der Waals surface area contributed by atoms with Crippen molar-refractivity contribution in [3.63, 3.8) is 0 Å². The van der Waals surface area contributed by atoms with Crippen LogP contribution in [0.4, 0.5) is 0 Å². The Morgan fingerprint density at radius 2 is 1.85 bits per heavy atom. The van der Waals surface area contributed by atoms with Gasteiger partial charge in [-0.15, -0.1) is 0 Å². The van der Waals surface area contributed by atoms with Gasteiger partial charge in [0.2, 0.25) is 10.0 Å². The molecule has 1 aliphatic heterocycles. The quantitative estimate of drug-likeness (QED) is 0.898. The van der Waals surface area contributed by atoms with Crippen LogP contribution in [-0.4, -0.2) is 61.7 Å². The molecule has 1 aliphatic rings. The zero-order chi connectivity index (χ0) is 14.8. The Morgan fingerprint density at radius 1 is 1.25 bits per heavy atom. The summed E-state index contributed by atoms with van der Waals surface area (Å²) in [6.45, 7) is 2.63. The summed E-state index contributed by atoms with van der Waals surface area (Å²) in [6, 6.07) is 7.22. The molecule has 0 bridgehead atoms. The number of benzene rings is 1. The average Bonchev–Trinajstić information content (AvgIpc) is 2.38. The Morgan fingerprint density at radius 3 is 2.40 bits per heavy atom. The molecule has 20 heavy (non-hydrogen) atoms. The Balaban J connectivity index is 1.91. The Labute approximate surface area is 124 Å². The topological polar surface area (TPSA) is 60.9 Å². The molecule has 0 unspecified atom stereocenters. The van der Waals surface area contributed by atoms with Crippen molar-refractivity contribution in [3.05, 3.63) is 34.9 Å². The molecule has 1 aromatic carbocycles. The van der Waals surface area contributed by atoms with Crippen molar-refractivity contribution in [3.8, 4) is 0 Å². The van der Waals surface area contributed by atoms with Gasteiger partial charge in [-0.05, 0) is 6.07 Å². The molecule has 0 saturated carbocycles. The van der Waals surface area contributed by atoms with E-state index in [0.29, 0.717) is 43.3 Å². The van der Waals surface area contributed by atoms with Gasteiger partial charge in [-0.3, -0.25) is 4.90 Å². The van der Waals surface area contributed by atoms with Crippen LogP contribution in [-0.2, 0) is 10.0 Å². The predicted molar refractivity (Wildman–Crippen MR) is 79.3 cm³/mol. The van der Waals surface area contributed by atoms with Gasteiger partial charge in [-0.2, -0.15) is 4.31 Å². The normalized spacial score (nSPS) is 19.9. The lowest BCUT2D eigenvalue weighted by molar-refractivity contribution is 0.0923. The molecule has 2 rings (SSSR count). The maximum absolute atomic E-state index is 11.4. The minimum absolute atomic E-state index is 0.460.